The van der Waals surface area contributed by atoms with Crippen LogP contribution in [0.2, 0.25) is 15.1 Å². The lowest BCUT2D eigenvalue weighted by atomic mass is 10.1. The van der Waals surface area contributed by atoms with Gasteiger partial charge in [0, 0.05) is 43.3 Å². The SMILES string of the molecule is CN1CCN(c2cc(Cl)cc(C(=O)Nc3ccc(Cl)cn3)c2NC(=O)c2scc(CCl)c2Cl)CC1. The maximum absolute atomic E-state index is 13.3. The fraction of sp³-hybridized carbons (Fsp3) is 0.261. The van der Waals surface area contributed by atoms with E-state index in [1.165, 1.54) is 23.6 Å². The summed E-state index contributed by atoms with van der Waals surface area (Å²) >= 11 is 25.8. The summed E-state index contributed by atoms with van der Waals surface area (Å²) in [5.74, 6) is -0.414. The molecular weight excluding hydrogens is 552 g/mol. The number of carbonyl (C=O) groups excluding carboxylic acids is 2. The molecule has 1 fully saturated rings. The lowest BCUT2D eigenvalue weighted by Gasteiger charge is -2.35. The second-order valence-electron chi connectivity index (χ2n) is 7.95. The highest BCUT2D eigenvalue weighted by molar-refractivity contribution is 7.13. The van der Waals surface area contributed by atoms with Gasteiger partial charge in [-0.2, -0.15) is 0 Å². The average Bonchev–Trinajstić information content (AvgIpc) is 3.22. The van der Waals surface area contributed by atoms with Crippen LogP contribution in [-0.2, 0) is 5.88 Å². The minimum absolute atomic E-state index is 0.192. The van der Waals surface area contributed by atoms with Crippen molar-refractivity contribution in [2.75, 3.05) is 48.8 Å². The van der Waals surface area contributed by atoms with Crippen molar-refractivity contribution < 1.29 is 9.59 Å². The molecule has 0 aliphatic carbocycles. The minimum atomic E-state index is -0.480. The highest BCUT2D eigenvalue weighted by Crippen LogP contribution is 2.36. The van der Waals surface area contributed by atoms with Gasteiger partial charge in [-0.15, -0.1) is 22.9 Å². The lowest BCUT2D eigenvalue weighted by molar-refractivity contribution is 0.102. The summed E-state index contributed by atoms with van der Waals surface area (Å²) in [4.78, 5) is 35.3. The molecule has 0 atom stereocenters. The quantitative estimate of drug-likeness (QED) is 0.349. The molecule has 1 saturated heterocycles. The Bertz CT molecular complexity index is 1240. The van der Waals surface area contributed by atoms with Crippen LogP contribution in [-0.4, -0.2) is 54.9 Å². The van der Waals surface area contributed by atoms with Crippen LogP contribution >= 0.6 is 57.7 Å². The van der Waals surface area contributed by atoms with E-state index in [0.29, 0.717) is 55.8 Å². The van der Waals surface area contributed by atoms with Gasteiger partial charge in [-0.3, -0.25) is 9.59 Å². The number of nitrogens with zero attached hydrogens (tertiary/aromatic N) is 3. The third-order valence-electron chi connectivity index (χ3n) is 5.53. The number of nitrogens with one attached hydrogen (secondary N) is 2. The fourth-order valence-corrected chi connectivity index (χ4v) is 5.58. The number of aromatic nitrogens is 1. The van der Waals surface area contributed by atoms with Crippen molar-refractivity contribution >= 4 is 86.7 Å². The molecule has 0 spiro atoms. The van der Waals surface area contributed by atoms with Crippen molar-refractivity contribution in [3.63, 3.8) is 0 Å². The smallest absolute Gasteiger partial charge is 0.267 e. The summed E-state index contributed by atoms with van der Waals surface area (Å²) in [7, 11) is 2.04. The second-order valence-corrected chi connectivity index (χ2v) is 10.3. The van der Waals surface area contributed by atoms with E-state index in [0.717, 1.165) is 13.1 Å². The molecule has 2 aromatic heterocycles. The van der Waals surface area contributed by atoms with E-state index in [1.54, 1.807) is 23.6 Å². The zero-order chi connectivity index (χ0) is 25.1. The molecule has 0 saturated carbocycles. The number of pyridine rings is 1. The molecule has 12 heteroatoms. The molecule has 1 aliphatic rings. The topological polar surface area (TPSA) is 77.6 Å². The van der Waals surface area contributed by atoms with Crippen molar-refractivity contribution in [1.29, 1.82) is 0 Å². The number of piperazine rings is 1. The summed E-state index contributed by atoms with van der Waals surface area (Å²) in [5.41, 5.74) is 1.86. The maximum atomic E-state index is 13.3. The molecule has 0 radical (unpaired) electrons. The standard InChI is InChI=1S/C23H21Cl4N5O2S/c1-31-4-6-32(7-5-31)17-9-15(26)8-16(22(33)29-18-3-2-14(25)11-28-18)20(17)30-23(34)21-19(27)13(10-24)12-35-21/h2-3,8-9,11-12H,4-7,10H2,1H3,(H,30,34)(H,28,29,33). The highest BCUT2D eigenvalue weighted by Gasteiger charge is 2.26. The molecule has 3 aromatic rings. The number of carbonyl (C=O) groups is 2. The van der Waals surface area contributed by atoms with Gasteiger partial charge < -0.3 is 20.4 Å². The van der Waals surface area contributed by atoms with Crippen molar-refractivity contribution in [3.05, 3.63) is 66.9 Å². The van der Waals surface area contributed by atoms with Gasteiger partial charge in [0.25, 0.3) is 11.8 Å². The molecule has 0 bridgehead atoms. The Labute approximate surface area is 226 Å². The maximum Gasteiger partial charge on any atom is 0.267 e. The van der Waals surface area contributed by atoms with E-state index in [1.807, 2.05) is 7.05 Å². The van der Waals surface area contributed by atoms with Crippen molar-refractivity contribution in [2.24, 2.45) is 0 Å². The number of halogens is 4. The van der Waals surface area contributed by atoms with E-state index >= 15 is 0 Å². The molecule has 0 unspecified atom stereocenters. The van der Waals surface area contributed by atoms with Gasteiger partial charge >= 0.3 is 0 Å². The summed E-state index contributed by atoms with van der Waals surface area (Å²) in [6.45, 7) is 3.06. The number of alkyl halides is 1. The predicted octanol–water partition coefficient (Wildman–Crippen LogP) is 6.10. The van der Waals surface area contributed by atoms with Crippen LogP contribution < -0.4 is 15.5 Å². The van der Waals surface area contributed by atoms with Crippen LogP contribution in [0.5, 0.6) is 0 Å². The first-order chi connectivity index (χ1) is 16.8. The molecule has 35 heavy (non-hydrogen) atoms. The minimum Gasteiger partial charge on any atom is -0.367 e. The Balaban J connectivity index is 1.74. The van der Waals surface area contributed by atoms with Crippen LogP contribution in [0.1, 0.15) is 25.6 Å². The number of hydrogen-bond donors (Lipinski definition) is 2. The first kappa shape index (κ1) is 26.0. The third-order valence-corrected chi connectivity index (χ3v) is 7.83. The number of amides is 2. The molecule has 1 aliphatic heterocycles. The van der Waals surface area contributed by atoms with Gasteiger partial charge in [0.1, 0.15) is 10.7 Å². The average molecular weight is 573 g/mol. The second kappa shape index (κ2) is 11.3. The number of anilines is 3. The van der Waals surface area contributed by atoms with Crippen LogP contribution in [0.25, 0.3) is 0 Å². The van der Waals surface area contributed by atoms with E-state index in [2.05, 4.69) is 25.4 Å². The molecule has 3 heterocycles. The summed E-state index contributed by atoms with van der Waals surface area (Å²) in [6.07, 6.45) is 1.43. The van der Waals surface area contributed by atoms with E-state index < -0.39 is 11.8 Å². The van der Waals surface area contributed by atoms with Crippen LogP contribution in [0.4, 0.5) is 17.2 Å². The number of benzene rings is 1. The van der Waals surface area contributed by atoms with E-state index in [9.17, 15) is 9.59 Å². The molecular formula is C23H21Cl4N5O2S. The summed E-state index contributed by atoms with van der Waals surface area (Å²) in [5, 5.41) is 8.51. The Hall–Kier alpha value is -2.07. The molecule has 2 amide bonds. The first-order valence-electron chi connectivity index (χ1n) is 10.6. The number of thiophene rings is 1. The van der Waals surface area contributed by atoms with Crippen LogP contribution in [0.15, 0.2) is 35.8 Å². The van der Waals surface area contributed by atoms with Gasteiger partial charge in [0.15, 0.2) is 0 Å². The third kappa shape index (κ3) is 6.02. The number of likely N-dealkylation sites (N-methyl/N-ethyl adjacent to an activating group) is 1. The zero-order valence-corrected chi connectivity index (χ0v) is 22.4. The van der Waals surface area contributed by atoms with Gasteiger partial charge in [-0.25, -0.2) is 4.98 Å². The Kier molecular flexibility index (Phi) is 8.42. The molecule has 1 aromatic carbocycles. The fourth-order valence-electron chi connectivity index (χ4n) is 3.63. The van der Waals surface area contributed by atoms with Crippen molar-refractivity contribution in [3.8, 4) is 0 Å². The van der Waals surface area contributed by atoms with Gasteiger partial charge in [-0.1, -0.05) is 34.8 Å². The highest BCUT2D eigenvalue weighted by atomic mass is 35.5. The molecule has 184 valence electrons. The van der Waals surface area contributed by atoms with Crippen LogP contribution in [0, 0.1) is 0 Å². The number of rotatable bonds is 6. The van der Waals surface area contributed by atoms with E-state index in [4.69, 9.17) is 46.4 Å². The van der Waals surface area contributed by atoms with Gasteiger partial charge in [0.2, 0.25) is 0 Å². The lowest BCUT2D eigenvalue weighted by Crippen LogP contribution is -2.45. The van der Waals surface area contributed by atoms with Crippen molar-refractivity contribution in [1.82, 2.24) is 9.88 Å². The van der Waals surface area contributed by atoms with Gasteiger partial charge in [0.05, 0.1) is 27.0 Å². The normalized spacial score (nSPS) is 14.1. The zero-order valence-electron chi connectivity index (χ0n) is 18.6. The Morgan fingerprint density at radius 3 is 2.40 bits per heavy atom. The van der Waals surface area contributed by atoms with E-state index in [-0.39, 0.29) is 11.4 Å². The molecule has 7 nitrogen and oxygen atoms in total. The van der Waals surface area contributed by atoms with Crippen molar-refractivity contribution in [2.45, 2.75) is 5.88 Å². The largest absolute Gasteiger partial charge is 0.367 e. The predicted molar refractivity (Wildman–Crippen MR) is 145 cm³/mol. The Morgan fingerprint density at radius 1 is 1.03 bits per heavy atom. The summed E-state index contributed by atoms with van der Waals surface area (Å²) in [6, 6.07) is 6.47. The first-order valence-corrected chi connectivity index (χ1v) is 13.1. The summed E-state index contributed by atoms with van der Waals surface area (Å²) < 4.78 is 0. The van der Waals surface area contributed by atoms with Gasteiger partial charge in [-0.05, 0) is 42.3 Å². The van der Waals surface area contributed by atoms with Crippen LogP contribution in [0.3, 0.4) is 0 Å². The Morgan fingerprint density at radius 2 is 1.77 bits per heavy atom. The monoisotopic (exact) mass is 571 g/mol. The molecule has 2 N–H and O–H groups in total. The molecule has 4 rings (SSSR count). The number of hydrogen-bond acceptors (Lipinski definition) is 6.